The highest BCUT2D eigenvalue weighted by Crippen LogP contribution is 2.19. The molecule has 1 atom stereocenters. The fourth-order valence-electron chi connectivity index (χ4n) is 2.38. The van der Waals surface area contributed by atoms with Crippen LogP contribution >= 0.6 is 11.3 Å². The maximum Gasteiger partial charge on any atom is 0.262 e. The van der Waals surface area contributed by atoms with Crippen LogP contribution in [0.5, 0.6) is 0 Å². The Balaban J connectivity index is 1.65. The third-order valence-corrected chi connectivity index (χ3v) is 4.49. The molecule has 3 amide bonds. The summed E-state index contributed by atoms with van der Waals surface area (Å²) in [5.74, 6) is -2.31. The van der Waals surface area contributed by atoms with Crippen molar-refractivity contribution in [1.82, 2.24) is 0 Å². The van der Waals surface area contributed by atoms with Crippen LogP contribution < -0.4 is 11.1 Å². The van der Waals surface area contributed by atoms with Gasteiger partial charge < -0.3 is 11.1 Å². The minimum absolute atomic E-state index is 0.137. The van der Waals surface area contributed by atoms with Gasteiger partial charge in [0.15, 0.2) is 0 Å². The summed E-state index contributed by atoms with van der Waals surface area (Å²) < 4.78 is 0. The zero-order chi connectivity index (χ0) is 17.8. The lowest BCUT2D eigenvalue weighted by Crippen LogP contribution is -2.29. The van der Waals surface area contributed by atoms with Crippen LogP contribution in [-0.4, -0.2) is 23.4 Å². The lowest BCUT2D eigenvalue weighted by Gasteiger charge is -2.14. The number of primary amides is 1. The van der Waals surface area contributed by atoms with Gasteiger partial charge in [0.1, 0.15) is 5.92 Å². The number of carbonyl (C=O) groups is 3. The summed E-state index contributed by atoms with van der Waals surface area (Å²) in [6, 6.07) is 10.5. The quantitative estimate of drug-likeness (QED) is 0.803. The van der Waals surface area contributed by atoms with Crippen LogP contribution in [0.3, 0.4) is 0 Å². The normalized spacial score (nSPS) is 16.4. The molecule has 1 aliphatic heterocycles. The van der Waals surface area contributed by atoms with Crippen LogP contribution in [0.2, 0.25) is 0 Å². The Morgan fingerprint density at radius 1 is 1.20 bits per heavy atom. The molecule has 1 unspecified atom stereocenters. The largest absolute Gasteiger partial charge is 0.369 e. The minimum atomic E-state index is -0.950. The first-order valence-electron chi connectivity index (χ1n) is 7.55. The molecule has 1 aliphatic rings. The number of hydrogen-bond donors (Lipinski definition) is 2. The fourth-order valence-corrected chi connectivity index (χ4v) is 3.08. The molecule has 1 aromatic carbocycles. The Morgan fingerprint density at radius 3 is 2.56 bits per heavy atom. The SMILES string of the molecule is NC(=O)Cc1ccc(NC(=O)C2C=CC(c3cccs3)=NC2=O)cc1. The first-order valence-corrected chi connectivity index (χ1v) is 8.43. The zero-order valence-electron chi connectivity index (χ0n) is 13.1. The van der Waals surface area contributed by atoms with Gasteiger partial charge in [-0.15, -0.1) is 11.3 Å². The van der Waals surface area contributed by atoms with Crippen molar-refractivity contribution in [2.24, 2.45) is 16.6 Å². The van der Waals surface area contributed by atoms with Gasteiger partial charge >= 0.3 is 0 Å². The van der Waals surface area contributed by atoms with Gasteiger partial charge in [-0.2, -0.15) is 0 Å². The molecule has 0 bridgehead atoms. The number of rotatable bonds is 5. The molecule has 2 heterocycles. The summed E-state index contributed by atoms with van der Waals surface area (Å²) in [7, 11) is 0. The molecule has 0 aliphatic carbocycles. The van der Waals surface area contributed by atoms with Crippen molar-refractivity contribution in [3.63, 3.8) is 0 Å². The summed E-state index contributed by atoms with van der Waals surface area (Å²) >= 11 is 1.48. The minimum Gasteiger partial charge on any atom is -0.369 e. The molecule has 7 heteroatoms. The number of anilines is 1. The molecule has 0 saturated heterocycles. The zero-order valence-corrected chi connectivity index (χ0v) is 14.0. The van der Waals surface area contributed by atoms with E-state index >= 15 is 0 Å². The second-order valence-electron chi connectivity index (χ2n) is 5.48. The predicted octanol–water partition coefficient (Wildman–Crippen LogP) is 1.92. The molecule has 3 N–H and O–H groups in total. The summed E-state index contributed by atoms with van der Waals surface area (Å²) in [5.41, 5.74) is 6.99. The second kappa shape index (κ2) is 7.23. The standard InChI is InChI=1S/C18H15N3O3S/c19-16(22)10-11-3-5-12(6-4-11)20-17(23)13-7-8-14(21-18(13)24)15-2-1-9-25-15/h1-9,13H,10H2,(H2,19,22)(H,20,23). The van der Waals surface area contributed by atoms with Crippen LogP contribution in [0, 0.1) is 5.92 Å². The van der Waals surface area contributed by atoms with E-state index in [9.17, 15) is 14.4 Å². The molecule has 2 aromatic rings. The number of nitrogens with one attached hydrogen (secondary N) is 1. The van der Waals surface area contributed by atoms with Gasteiger partial charge in [-0.25, -0.2) is 4.99 Å². The van der Waals surface area contributed by atoms with E-state index in [1.165, 1.54) is 11.3 Å². The highest BCUT2D eigenvalue weighted by atomic mass is 32.1. The Bertz CT molecular complexity index is 867. The van der Waals surface area contributed by atoms with E-state index in [2.05, 4.69) is 10.3 Å². The van der Waals surface area contributed by atoms with Crippen LogP contribution in [0.1, 0.15) is 10.4 Å². The first-order chi connectivity index (χ1) is 12.0. The van der Waals surface area contributed by atoms with Crippen LogP contribution in [0.15, 0.2) is 58.9 Å². The van der Waals surface area contributed by atoms with Gasteiger partial charge in [0.2, 0.25) is 11.8 Å². The van der Waals surface area contributed by atoms with Crippen molar-refractivity contribution in [3.8, 4) is 0 Å². The highest BCUT2D eigenvalue weighted by molar-refractivity contribution is 7.12. The van der Waals surface area contributed by atoms with Gasteiger partial charge in [0, 0.05) is 5.69 Å². The van der Waals surface area contributed by atoms with E-state index in [-0.39, 0.29) is 6.42 Å². The van der Waals surface area contributed by atoms with Crippen LogP contribution in [-0.2, 0) is 20.8 Å². The molecule has 0 spiro atoms. The fraction of sp³-hybridized carbons (Fsp3) is 0.111. The summed E-state index contributed by atoms with van der Waals surface area (Å²) in [6.45, 7) is 0. The third-order valence-electron chi connectivity index (χ3n) is 3.60. The van der Waals surface area contributed by atoms with Crippen LogP contribution in [0.4, 0.5) is 5.69 Å². The maximum atomic E-state index is 12.3. The van der Waals surface area contributed by atoms with E-state index in [1.54, 1.807) is 36.4 Å². The number of carbonyl (C=O) groups excluding carboxylic acids is 3. The summed E-state index contributed by atoms with van der Waals surface area (Å²) in [6.07, 6.45) is 3.38. The highest BCUT2D eigenvalue weighted by Gasteiger charge is 2.27. The number of amides is 3. The number of allylic oxidation sites excluding steroid dienone is 1. The summed E-state index contributed by atoms with van der Waals surface area (Å²) in [5, 5.41) is 4.58. The molecule has 126 valence electrons. The van der Waals surface area contributed by atoms with Crippen molar-refractivity contribution in [1.29, 1.82) is 0 Å². The third kappa shape index (κ3) is 4.07. The maximum absolute atomic E-state index is 12.3. The first kappa shape index (κ1) is 16.8. The number of aliphatic imine (C=N–C) groups is 1. The van der Waals surface area contributed by atoms with Crippen molar-refractivity contribution in [2.45, 2.75) is 6.42 Å². The predicted molar refractivity (Wildman–Crippen MR) is 96.5 cm³/mol. The van der Waals surface area contributed by atoms with Crippen molar-refractivity contribution in [2.75, 3.05) is 5.32 Å². The van der Waals surface area contributed by atoms with E-state index in [0.717, 1.165) is 10.4 Å². The molecule has 6 nitrogen and oxygen atoms in total. The van der Waals surface area contributed by atoms with Gasteiger partial charge in [0.05, 0.1) is 17.0 Å². The molecule has 25 heavy (non-hydrogen) atoms. The molecular formula is C18H15N3O3S. The summed E-state index contributed by atoms with van der Waals surface area (Å²) in [4.78, 5) is 40.2. The molecule has 1 aromatic heterocycles. The smallest absolute Gasteiger partial charge is 0.262 e. The average molecular weight is 353 g/mol. The monoisotopic (exact) mass is 353 g/mol. The van der Waals surface area contributed by atoms with Crippen molar-refractivity contribution >= 4 is 40.5 Å². The average Bonchev–Trinajstić information content (AvgIpc) is 3.10. The Hall–Kier alpha value is -3.06. The van der Waals surface area contributed by atoms with Gasteiger partial charge in [0.25, 0.3) is 5.91 Å². The van der Waals surface area contributed by atoms with Crippen LogP contribution in [0.25, 0.3) is 0 Å². The Kier molecular flexibility index (Phi) is 4.85. The van der Waals surface area contributed by atoms with E-state index < -0.39 is 23.6 Å². The number of nitrogens with two attached hydrogens (primary N) is 1. The number of dihydropyridines is 1. The van der Waals surface area contributed by atoms with Gasteiger partial charge in [-0.05, 0) is 35.2 Å². The molecular weight excluding hydrogens is 338 g/mol. The second-order valence-corrected chi connectivity index (χ2v) is 6.43. The lowest BCUT2D eigenvalue weighted by molar-refractivity contribution is -0.128. The number of hydrogen-bond acceptors (Lipinski definition) is 4. The van der Waals surface area contributed by atoms with Crippen molar-refractivity contribution < 1.29 is 14.4 Å². The van der Waals surface area contributed by atoms with E-state index in [4.69, 9.17) is 5.73 Å². The molecule has 3 rings (SSSR count). The Morgan fingerprint density at radius 2 is 1.96 bits per heavy atom. The van der Waals surface area contributed by atoms with Gasteiger partial charge in [-0.1, -0.05) is 24.3 Å². The molecule has 0 radical (unpaired) electrons. The number of thiophene rings is 1. The lowest BCUT2D eigenvalue weighted by atomic mass is 10.0. The topological polar surface area (TPSA) is 102 Å². The molecule has 0 fully saturated rings. The Labute approximate surface area is 148 Å². The van der Waals surface area contributed by atoms with Gasteiger partial charge in [-0.3, -0.25) is 14.4 Å². The van der Waals surface area contributed by atoms with E-state index in [1.807, 2.05) is 17.5 Å². The number of benzene rings is 1. The number of nitrogens with zero attached hydrogens (tertiary/aromatic N) is 1. The molecule has 0 saturated carbocycles. The van der Waals surface area contributed by atoms with Crippen molar-refractivity contribution in [3.05, 3.63) is 64.4 Å². The van der Waals surface area contributed by atoms with E-state index in [0.29, 0.717) is 11.4 Å².